The third kappa shape index (κ3) is 2.75. The number of nitrogens with one attached hydrogen (secondary N) is 1. The van der Waals surface area contributed by atoms with Crippen molar-refractivity contribution in [2.75, 3.05) is 5.32 Å². The van der Waals surface area contributed by atoms with Crippen LogP contribution in [0.1, 0.15) is 9.67 Å². The normalized spacial score (nSPS) is 11.1. The lowest BCUT2D eigenvalue weighted by atomic mass is 10.1. The molecule has 4 rings (SSSR count). The largest absolute Gasteiger partial charge is 0.321 e. The van der Waals surface area contributed by atoms with Crippen LogP contribution < -0.4 is 5.32 Å². The molecule has 5 heteroatoms. The third-order valence-corrected chi connectivity index (χ3v) is 5.70. The second kappa shape index (κ2) is 6.10. The highest BCUT2D eigenvalue weighted by Gasteiger charge is 2.17. The fraction of sp³-hybridized carbons (Fsp3) is 0. The first-order valence-electron chi connectivity index (χ1n) is 7.29. The summed E-state index contributed by atoms with van der Waals surface area (Å²) in [5.74, 6) is -0.215. The summed E-state index contributed by atoms with van der Waals surface area (Å²) in [6.07, 6.45) is 0. The van der Waals surface area contributed by atoms with Crippen molar-refractivity contribution in [1.29, 1.82) is 0 Å². The molecular weight excluding hydrogens is 361 g/mol. The first kappa shape index (κ1) is 15.5. The van der Waals surface area contributed by atoms with Gasteiger partial charge in [0.05, 0.1) is 5.02 Å². The molecular formula is C19H11Cl2NOS. The summed E-state index contributed by atoms with van der Waals surface area (Å²) in [6.45, 7) is 0. The van der Waals surface area contributed by atoms with Crippen LogP contribution in [0.4, 0.5) is 5.69 Å². The van der Waals surface area contributed by atoms with Gasteiger partial charge in [-0.05, 0) is 35.0 Å². The van der Waals surface area contributed by atoms with E-state index >= 15 is 0 Å². The van der Waals surface area contributed by atoms with Crippen LogP contribution in [0.3, 0.4) is 0 Å². The van der Waals surface area contributed by atoms with Crippen molar-refractivity contribution in [2.24, 2.45) is 0 Å². The minimum Gasteiger partial charge on any atom is -0.321 e. The number of anilines is 1. The predicted molar refractivity (Wildman–Crippen MR) is 104 cm³/mol. The number of benzene rings is 3. The van der Waals surface area contributed by atoms with E-state index in [2.05, 4.69) is 5.32 Å². The molecule has 0 bridgehead atoms. The molecule has 4 aromatic rings. The molecule has 1 aromatic heterocycles. The molecule has 0 saturated carbocycles. The third-order valence-electron chi connectivity index (χ3n) is 3.81. The van der Waals surface area contributed by atoms with Gasteiger partial charge in [0.25, 0.3) is 5.91 Å². The summed E-state index contributed by atoms with van der Waals surface area (Å²) in [6, 6.07) is 19.3. The summed E-state index contributed by atoms with van der Waals surface area (Å²) >= 11 is 13.7. The van der Waals surface area contributed by atoms with Crippen LogP contribution in [-0.2, 0) is 0 Å². The molecule has 1 heterocycles. The number of carbonyl (C=O) groups is 1. The van der Waals surface area contributed by atoms with Crippen molar-refractivity contribution < 1.29 is 4.79 Å². The van der Waals surface area contributed by atoms with Gasteiger partial charge in [-0.2, -0.15) is 0 Å². The van der Waals surface area contributed by atoms with Crippen LogP contribution in [0.2, 0.25) is 10.0 Å². The number of halogens is 2. The molecule has 1 amide bonds. The maximum absolute atomic E-state index is 12.6. The number of amides is 1. The maximum Gasteiger partial charge on any atom is 0.267 e. The van der Waals surface area contributed by atoms with Crippen LogP contribution in [0.25, 0.3) is 20.9 Å². The number of thiophene rings is 1. The van der Waals surface area contributed by atoms with Crippen LogP contribution in [-0.4, -0.2) is 5.91 Å². The zero-order valence-corrected chi connectivity index (χ0v) is 14.7. The number of fused-ring (bicyclic) bond motifs is 2. The van der Waals surface area contributed by atoms with Gasteiger partial charge in [0.1, 0.15) is 4.88 Å². The van der Waals surface area contributed by atoms with Crippen molar-refractivity contribution in [2.45, 2.75) is 0 Å². The van der Waals surface area contributed by atoms with Crippen molar-refractivity contribution in [3.63, 3.8) is 0 Å². The van der Waals surface area contributed by atoms with Gasteiger partial charge in [-0.15, -0.1) is 11.3 Å². The molecule has 0 fully saturated rings. The number of carbonyl (C=O) groups excluding carboxylic acids is 1. The van der Waals surface area contributed by atoms with Gasteiger partial charge in [-0.1, -0.05) is 59.6 Å². The Morgan fingerprint density at radius 3 is 2.54 bits per heavy atom. The quantitative estimate of drug-likeness (QED) is 0.421. The fourth-order valence-corrected chi connectivity index (χ4v) is 4.33. The highest BCUT2D eigenvalue weighted by Crippen LogP contribution is 2.37. The zero-order chi connectivity index (χ0) is 16.7. The maximum atomic E-state index is 12.6. The Balaban J connectivity index is 1.69. The summed E-state index contributed by atoms with van der Waals surface area (Å²) < 4.78 is 0.899. The van der Waals surface area contributed by atoms with E-state index in [1.54, 1.807) is 6.07 Å². The second-order valence-electron chi connectivity index (χ2n) is 5.40. The number of rotatable bonds is 2. The van der Waals surface area contributed by atoms with E-state index in [-0.39, 0.29) is 5.91 Å². The Morgan fingerprint density at radius 1 is 0.917 bits per heavy atom. The van der Waals surface area contributed by atoms with Gasteiger partial charge in [-0.3, -0.25) is 4.79 Å². The molecule has 0 aliphatic carbocycles. The summed E-state index contributed by atoms with van der Waals surface area (Å²) in [5.41, 5.74) is 0.741. The summed E-state index contributed by atoms with van der Waals surface area (Å²) in [5, 5.41) is 7.06. The molecule has 3 aromatic carbocycles. The van der Waals surface area contributed by atoms with Gasteiger partial charge in [0, 0.05) is 20.8 Å². The molecule has 118 valence electrons. The molecule has 0 aliphatic heterocycles. The van der Waals surface area contributed by atoms with Crippen LogP contribution in [0, 0.1) is 0 Å². The van der Waals surface area contributed by atoms with E-state index in [0.29, 0.717) is 14.9 Å². The van der Waals surface area contributed by atoms with Crippen molar-refractivity contribution in [1.82, 2.24) is 0 Å². The molecule has 0 unspecified atom stereocenters. The average molecular weight is 372 g/mol. The molecule has 24 heavy (non-hydrogen) atoms. The Bertz CT molecular complexity index is 1090. The summed E-state index contributed by atoms with van der Waals surface area (Å²) in [4.78, 5) is 13.1. The Morgan fingerprint density at radius 2 is 1.71 bits per heavy atom. The van der Waals surface area contributed by atoms with Gasteiger partial charge in [0.15, 0.2) is 0 Å². The van der Waals surface area contributed by atoms with Gasteiger partial charge in [-0.25, -0.2) is 0 Å². The second-order valence-corrected chi connectivity index (χ2v) is 7.27. The molecule has 0 aliphatic rings. The highest BCUT2D eigenvalue weighted by molar-refractivity contribution is 7.21. The van der Waals surface area contributed by atoms with Gasteiger partial charge >= 0.3 is 0 Å². The number of hydrogen-bond donors (Lipinski definition) is 1. The van der Waals surface area contributed by atoms with Crippen LogP contribution >= 0.6 is 34.5 Å². The number of hydrogen-bond acceptors (Lipinski definition) is 2. The van der Waals surface area contributed by atoms with E-state index in [1.807, 2.05) is 54.6 Å². The van der Waals surface area contributed by atoms with Gasteiger partial charge < -0.3 is 5.32 Å². The van der Waals surface area contributed by atoms with Crippen molar-refractivity contribution >= 4 is 67.0 Å². The lowest BCUT2D eigenvalue weighted by Gasteiger charge is -2.05. The van der Waals surface area contributed by atoms with Gasteiger partial charge in [0.2, 0.25) is 0 Å². The van der Waals surface area contributed by atoms with Crippen molar-refractivity contribution in [3.8, 4) is 0 Å². The smallest absolute Gasteiger partial charge is 0.267 e. The molecule has 1 N–H and O–H groups in total. The average Bonchev–Trinajstić information content (AvgIpc) is 2.91. The molecule has 2 nitrogen and oxygen atoms in total. The topological polar surface area (TPSA) is 29.1 Å². The summed E-state index contributed by atoms with van der Waals surface area (Å²) in [7, 11) is 0. The molecule has 0 saturated heterocycles. The Labute approximate surface area is 152 Å². The van der Waals surface area contributed by atoms with E-state index in [1.165, 1.54) is 11.3 Å². The lowest BCUT2D eigenvalue weighted by Crippen LogP contribution is -2.10. The Hall–Kier alpha value is -2.07. The minimum atomic E-state index is -0.215. The van der Waals surface area contributed by atoms with E-state index in [0.717, 1.165) is 26.5 Å². The monoisotopic (exact) mass is 371 g/mol. The van der Waals surface area contributed by atoms with Crippen LogP contribution in [0.5, 0.6) is 0 Å². The lowest BCUT2D eigenvalue weighted by molar-refractivity contribution is 0.103. The Kier molecular flexibility index (Phi) is 3.93. The zero-order valence-electron chi connectivity index (χ0n) is 12.3. The standard InChI is InChI=1S/C19H11Cl2NOS/c20-13-6-8-15-16(10-13)24-18(17(15)21)19(23)22-14-7-5-11-3-1-2-4-12(11)9-14/h1-10H,(H,22,23). The minimum absolute atomic E-state index is 0.215. The first-order chi connectivity index (χ1) is 11.6. The predicted octanol–water partition coefficient (Wildman–Crippen LogP) is 6.61. The highest BCUT2D eigenvalue weighted by atomic mass is 35.5. The SMILES string of the molecule is O=C(Nc1ccc2ccccc2c1)c1sc2cc(Cl)ccc2c1Cl. The molecule has 0 radical (unpaired) electrons. The molecule has 0 spiro atoms. The van der Waals surface area contributed by atoms with Crippen molar-refractivity contribution in [3.05, 3.63) is 75.6 Å². The van der Waals surface area contributed by atoms with E-state index < -0.39 is 0 Å². The van der Waals surface area contributed by atoms with E-state index in [9.17, 15) is 4.79 Å². The van der Waals surface area contributed by atoms with E-state index in [4.69, 9.17) is 23.2 Å². The molecule has 0 atom stereocenters. The fourth-order valence-electron chi connectivity index (χ4n) is 2.64. The first-order valence-corrected chi connectivity index (χ1v) is 8.87. The van der Waals surface area contributed by atoms with Crippen LogP contribution in [0.15, 0.2) is 60.7 Å².